The van der Waals surface area contributed by atoms with E-state index < -0.39 is 5.82 Å². The normalized spacial score (nSPS) is 10.4. The molecule has 0 spiro atoms. The third-order valence-corrected chi connectivity index (χ3v) is 4.30. The van der Waals surface area contributed by atoms with E-state index in [4.69, 9.17) is 21.1 Å². The highest BCUT2D eigenvalue weighted by Crippen LogP contribution is 2.28. The number of amides is 1. The number of hydrogen-bond donors (Lipinski definition) is 0. The fraction of sp³-hybridized carbons (Fsp3) is 0.316. The average Bonchev–Trinajstić information content (AvgIpc) is 2.62. The van der Waals surface area contributed by atoms with Crippen molar-refractivity contribution in [3.63, 3.8) is 0 Å². The number of methoxy groups -OCH3 is 2. The summed E-state index contributed by atoms with van der Waals surface area (Å²) in [6.07, 6.45) is -0.0767. The molecule has 1 amide bonds. The molecule has 4 nitrogen and oxygen atoms in total. The lowest BCUT2D eigenvalue weighted by atomic mass is 10.1. The average molecular weight is 366 g/mol. The summed E-state index contributed by atoms with van der Waals surface area (Å²) in [6, 6.07) is 9.89. The molecule has 25 heavy (non-hydrogen) atoms. The number of nitrogens with zero attached hydrogens (tertiary/aromatic N) is 1. The molecule has 2 rings (SSSR count). The molecule has 0 aromatic heterocycles. The fourth-order valence-corrected chi connectivity index (χ4v) is 2.77. The van der Waals surface area contributed by atoms with Crippen LogP contribution in [0.1, 0.15) is 18.1 Å². The van der Waals surface area contributed by atoms with Crippen molar-refractivity contribution in [2.45, 2.75) is 19.9 Å². The Morgan fingerprint density at radius 2 is 1.88 bits per heavy atom. The van der Waals surface area contributed by atoms with Crippen LogP contribution in [0.25, 0.3) is 0 Å². The zero-order valence-corrected chi connectivity index (χ0v) is 15.3. The van der Waals surface area contributed by atoms with Crippen LogP contribution in [0.3, 0.4) is 0 Å². The van der Waals surface area contributed by atoms with Gasteiger partial charge in [-0.25, -0.2) is 4.39 Å². The van der Waals surface area contributed by atoms with Crippen molar-refractivity contribution in [1.29, 1.82) is 0 Å². The van der Waals surface area contributed by atoms with Crippen molar-refractivity contribution in [3.05, 3.63) is 58.4 Å². The van der Waals surface area contributed by atoms with E-state index in [9.17, 15) is 9.18 Å². The lowest BCUT2D eigenvalue weighted by Crippen LogP contribution is -2.32. The number of carbonyl (C=O) groups is 1. The zero-order chi connectivity index (χ0) is 18.4. The van der Waals surface area contributed by atoms with Crippen LogP contribution in [0.15, 0.2) is 36.4 Å². The number of hydrogen-bond acceptors (Lipinski definition) is 3. The summed E-state index contributed by atoms with van der Waals surface area (Å²) in [5.74, 6) is 0.562. The Morgan fingerprint density at radius 1 is 1.16 bits per heavy atom. The Hall–Kier alpha value is -2.27. The van der Waals surface area contributed by atoms with E-state index in [0.717, 1.165) is 5.56 Å². The fourth-order valence-electron chi connectivity index (χ4n) is 2.54. The van der Waals surface area contributed by atoms with Crippen LogP contribution in [0.4, 0.5) is 4.39 Å². The van der Waals surface area contributed by atoms with Gasteiger partial charge in [0.15, 0.2) is 11.5 Å². The van der Waals surface area contributed by atoms with Gasteiger partial charge < -0.3 is 14.4 Å². The smallest absolute Gasteiger partial charge is 0.227 e. The molecule has 0 bridgehead atoms. The summed E-state index contributed by atoms with van der Waals surface area (Å²) in [7, 11) is 3.13. The second-order valence-electron chi connectivity index (χ2n) is 5.47. The van der Waals surface area contributed by atoms with Gasteiger partial charge >= 0.3 is 0 Å². The molecule has 0 fully saturated rings. The van der Waals surface area contributed by atoms with Crippen molar-refractivity contribution >= 4 is 17.5 Å². The summed E-state index contributed by atoms with van der Waals surface area (Å²) in [4.78, 5) is 14.2. The SMILES string of the molecule is CCN(Cc1ccc(OC)c(OC)c1)C(=O)Cc1c(F)cccc1Cl. The van der Waals surface area contributed by atoms with E-state index in [2.05, 4.69) is 0 Å². The van der Waals surface area contributed by atoms with Gasteiger partial charge in [-0.3, -0.25) is 4.79 Å². The van der Waals surface area contributed by atoms with Gasteiger partial charge in [-0.2, -0.15) is 0 Å². The molecule has 2 aromatic carbocycles. The molecule has 0 aliphatic carbocycles. The number of carbonyl (C=O) groups excluding carboxylic acids is 1. The summed E-state index contributed by atoms with van der Waals surface area (Å²) >= 11 is 6.01. The third-order valence-electron chi connectivity index (χ3n) is 3.95. The molecule has 134 valence electrons. The first-order valence-corrected chi connectivity index (χ1v) is 8.29. The van der Waals surface area contributed by atoms with Gasteiger partial charge in [0.1, 0.15) is 5.82 Å². The minimum absolute atomic E-state index is 0.0767. The highest BCUT2D eigenvalue weighted by molar-refractivity contribution is 6.31. The Labute approximate surface area is 152 Å². The Balaban J connectivity index is 2.15. The first-order chi connectivity index (χ1) is 12.0. The standard InChI is InChI=1S/C19H21ClFNO3/c1-4-22(12-13-8-9-17(24-2)18(10-13)25-3)19(23)11-14-15(20)6-5-7-16(14)21/h5-10H,4,11-12H2,1-3H3. The quantitative estimate of drug-likeness (QED) is 0.741. The second-order valence-corrected chi connectivity index (χ2v) is 5.88. The highest BCUT2D eigenvalue weighted by Gasteiger charge is 2.18. The van der Waals surface area contributed by atoms with Gasteiger partial charge in [-0.05, 0) is 36.8 Å². The molecular weight excluding hydrogens is 345 g/mol. The van der Waals surface area contributed by atoms with Gasteiger partial charge in [0.25, 0.3) is 0 Å². The molecule has 0 N–H and O–H groups in total. The molecule has 2 aromatic rings. The van der Waals surface area contributed by atoms with Crippen molar-refractivity contribution < 1.29 is 18.7 Å². The summed E-state index contributed by atoms with van der Waals surface area (Å²) in [6.45, 7) is 2.77. The molecule has 0 atom stereocenters. The molecule has 6 heteroatoms. The minimum atomic E-state index is -0.469. The third kappa shape index (κ3) is 4.63. The van der Waals surface area contributed by atoms with Crippen LogP contribution in [0.5, 0.6) is 11.5 Å². The van der Waals surface area contributed by atoms with Crippen LogP contribution in [0.2, 0.25) is 5.02 Å². The summed E-state index contributed by atoms with van der Waals surface area (Å²) < 4.78 is 24.4. The van der Waals surface area contributed by atoms with Crippen molar-refractivity contribution in [3.8, 4) is 11.5 Å². The minimum Gasteiger partial charge on any atom is -0.493 e. The van der Waals surface area contributed by atoms with Crippen molar-refractivity contribution in [1.82, 2.24) is 4.90 Å². The molecule has 0 unspecified atom stereocenters. The van der Waals surface area contributed by atoms with Crippen molar-refractivity contribution in [2.75, 3.05) is 20.8 Å². The maximum absolute atomic E-state index is 13.9. The summed E-state index contributed by atoms with van der Waals surface area (Å²) in [5, 5.41) is 0.260. The molecule has 0 heterocycles. The van der Waals surface area contributed by atoms with Crippen molar-refractivity contribution in [2.24, 2.45) is 0 Å². The lowest BCUT2D eigenvalue weighted by Gasteiger charge is -2.22. The summed E-state index contributed by atoms with van der Waals surface area (Å²) in [5.41, 5.74) is 1.12. The first-order valence-electron chi connectivity index (χ1n) is 7.91. The predicted molar refractivity (Wildman–Crippen MR) is 95.8 cm³/mol. The molecule has 0 radical (unpaired) electrons. The topological polar surface area (TPSA) is 38.8 Å². The van der Waals surface area contributed by atoms with Crippen LogP contribution in [-0.2, 0) is 17.8 Å². The Morgan fingerprint density at radius 3 is 2.48 bits per heavy atom. The first kappa shape index (κ1) is 19.1. The molecule has 0 saturated heterocycles. The number of rotatable bonds is 7. The highest BCUT2D eigenvalue weighted by atomic mass is 35.5. The maximum atomic E-state index is 13.9. The van der Waals surface area contributed by atoms with E-state index in [1.165, 1.54) is 12.1 Å². The molecule has 0 aliphatic heterocycles. The molecular formula is C19H21ClFNO3. The number of likely N-dealkylation sites (N-methyl/N-ethyl adjacent to an activating group) is 1. The van der Waals surface area contributed by atoms with Gasteiger partial charge in [0.2, 0.25) is 5.91 Å². The van der Waals surface area contributed by atoms with E-state index >= 15 is 0 Å². The van der Waals surface area contributed by atoms with Gasteiger partial charge in [-0.1, -0.05) is 23.7 Å². The largest absolute Gasteiger partial charge is 0.493 e. The predicted octanol–water partition coefficient (Wildman–Crippen LogP) is 4.09. The van der Waals surface area contributed by atoms with Gasteiger partial charge in [0, 0.05) is 23.7 Å². The number of ether oxygens (including phenoxy) is 2. The van der Waals surface area contributed by atoms with Crippen LogP contribution >= 0.6 is 11.6 Å². The van der Waals surface area contributed by atoms with Gasteiger partial charge in [-0.15, -0.1) is 0 Å². The van der Waals surface area contributed by atoms with E-state index in [0.29, 0.717) is 24.6 Å². The number of benzene rings is 2. The van der Waals surface area contributed by atoms with E-state index in [1.807, 2.05) is 19.1 Å². The van der Waals surface area contributed by atoms with E-state index in [1.54, 1.807) is 31.3 Å². The lowest BCUT2D eigenvalue weighted by molar-refractivity contribution is -0.130. The van der Waals surface area contributed by atoms with Crippen LogP contribution < -0.4 is 9.47 Å². The Kier molecular flexibility index (Phi) is 6.65. The van der Waals surface area contributed by atoms with Gasteiger partial charge in [0.05, 0.1) is 20.6 Å². The Bertz CT molecular complexity index is 731. The molecule has 0 aliphatic rings. The van der Waals surface area contributed by atoms with Crippen LogP contribution in [-0.4, -0.2) is 31.6 Å². The van der Waals surface area contributed by atoms with E-state index in [-0.39, 0.29) is 22.9 Å². The monoisotopic (exact) mass is 365 g/mol. The number of halogens is 2. The second kappa shape index (κ2) is 8.72. The maximum Gasteiger partial charge on any atom is 0.227 e. The van der Waals surface area contributed by atoms with Crippen LogP contribution in [0, 0.1) is 5.82 Å². The zero-order valence-electron chi connectivity index (χ0n) is 14.5. The molecule has 0 saturated carbocycles.